The Bertz CT molecular complexity index is 1210. The van der Waals surface area contributed by atoms with Gasteiger partial charge in [-0.3, -0.25) is 14.6 Å². The third kappa shape index (κ3) is 12.0. The van der Waals surface area contributed by atoms with Crippen molar-refractivity contribution >= 4 is 17.5 Å². The van der Waals surface area contributed by atoms with Crippen molar-refractivity contribution in [3.8, 4) is 12.1 Å². The number of rotatable bonds is 4. The molecule has 40 heavy (non-hydrogen) atoms. The Balaban J connectivity index is 0.000000601. The number of morpholine rings is 1. The lowest BCUT2D eigenvalue weighted by molar-refractivity contribution is 0.0995. The maximum absolute atomic E-state index is 12.2. The van der Waals surface area contributed by atoms with Gasteiger partial charge in [0.2, 0.25) is 11.7 Å². The van der Waals surface area contributed by atoms with Crippen molar-refractivity contribution in [2.75, 3.05) is 46.6 Å². The maximum atomic E-state index is 12.2. The second kappa shape index (κ2) is 19.7. The van der Waals surface area contributed by atoms with Crippen LogP contribution < -0.4 is 5.32 Å². The van der Waals surface area contributed by atoms with E-state index in [1.54, 1.807) is 31.4 Å². The first-order valence-electron chi connectivity index (χ1n) is 12.1. The van der Waals surface area contributed by atoms with Crippen molar-refractivity contribution in [3.63, 3.8) is 0 Å². The van der Waals surface area contributed by atoms with Gasteiger partial charge in [-0.2, -0.15) is 10.5 Å². The number of nitriles is 2. The summed E-state index contributed by atoms with van der Waals surface area (Å²) in [4.78, 5) is 27.4. The zero-order valence-electron chi connectivity index (χ0n) is 23.5. The monoisotopic (exact) mass is 549 g/mol. The van der Waals surface area contributed by atoms with Gasteiger partial charge in [-0.25, -0.2) is 0 Å². The van der Waals surface area contributed by atoms with E-state index in [4.69, 9.17) is 24.7 Å². The fourth-order valence-corrected chi connectivity index (χ4v) is 3.24. The molecule has 2 aromatic rings. The average Bonchev–Trinajstić information content (AvgIpc) is 2.96. The number of carbonyl (C=O) groups excluding carboxylic acids is 2. The van der Waals surface area contributed by atoms with E-state index in [9.17, 15) is 9.59 Å². The molecule has 0 aliphatic carbocycles. The molecule has 4 rings (SSSR count). The first kappa shape index (κ1) is 35.6. The minimum absolute atomic E-state index is 0. The van der Waals surface area contributed by atoms with Crippen LogP contribution >= 0.6 is 0 Å². The number of benzene rings is 2. The zero-order chi connectivity index (χ0) is 27.8. The van der Waals surface area contributed by atoms with Crippen LogP contribution in [0, 0.1) is 43.9 Å². The van der Waals surface area contributed by atoms with Crippen molar-refractivity contribution < 1.29 is 29.3 Å². The zero-order valence-corrected chi connectivity index (χ0v) is 23.5. The molecule has 214 valence electrons. The Labute approximate surface area is 236 Å². The number of aryl methyl sites for hydroxylation is 2. The summed E-state index contributed by atoms with van der Waals surface area (Å²) in [5.41, 5.74) is 4.05. The van der Waals surface area contributed by atoms with Crippen LogP contribution in [0.1, 0.15) is 38.3 Å². The fourth-order valence-electron chi connectivity index (χ4n) is 3.24. The molecule has 0 spiro atoms. The van der Waals surface area contributed by atoms with E-state index in [2.05, 4.69) is 10.3 Å². The van der Waals surface area contributed by atoms with E-state index >= 15 is 0 Å². The highest BCUT2D eigenvalue weighted by Gasteiger charge is 2.19. The molecular weight excluding hydrogens is 512 g/mol. The topological polar surface area (TPSA) is 165 Å². The van der Waals surface area contributed by atoms with Gasteiger partial charge in [0.05, 0.1) is 51.7 Å². The molecule has 2 heterocycles. The van der Waals surface area contributed by atoms with Gasteiger partial charge in [0.15, 0.2) is 5.78 Å². The van der Waals surface area contributed by atoms with E-state index in [1.807, 2.05) is 50.3 Å². The predicted octanol–water partition coefficient (Wildman–Crippen LogP) is 3.35. The highest BCUT2D eigenvalue weighted by molar-refractivity contribution is 6.11. The third-order valence-electron chi connectivity index (χ3n) is 5.38. The first-order chi connectivity index (χ1) is 18.4. The molecule has 0 saturated carbocycles. The molecule has 1 saturated heterocycles. The lowest BCUT2D eigenvalue weighted by atomic mass is 10.0. The minimum atomic E-state index is -0.259. The molecule has 0 unspecified atom stereocenters. The van der Waals surface area contributed by atoms with E-state index in [0.717, 1.165) is 24.3 Å². The molecule has 0 atom stereocenters. The van der Waals surface area contributed by atoms with Crippen molar-refractivity contribution in [1.82, 2.24) is 5.32 Å². The highest BCUT2D eigenvalue weighted by Crippen LogP contribution is 2.13. The van der Waals surface area contributed by atoms with Gasteiger partial charge in [-0.1, -0.05) is 59.7 Å². The van der Waals surface area contributed by atoms with Crippen LogP contribution in [0.25, 0.3) is 0 Å². The van der Waals surface area contributed by atoms with Crippen LogP contribution in [0.4, 0.5) is 0 Å². The number of Topliss-reactive ketones (excluding diaryl/α,β-unsaturated/α-hetero) is 2. The Morgan fingerprint density at radius 1 is 0.950 bits per heavy atom. The number of methoxy groups -OCH3 is 1. The minimum Gasteiger partial charge on any atom is -0.483 e. The molecule has 0 aromatic heterocycles. The Morgan fingerprint density at radius 2 is 1.52 bits per heavy atom. The smallest absolute Gasteiger partial charge is 0.209 e. The molecule has 2 aliphatic heterocycles. The molecule has 2 aliphatic rings. The fraction of sp³-hybridized carbons (Fsp3) is 0.333. The van der Waals surface area contributed by atoms with Gasteiger partial charge in [0.1, 0.15) is 18.2 Å². The molecule has 3 N–H and O–H groups in total. The first-order valence-corrected chi connectivity index (χ1v) is 12.1. The normalized spacial score (nSPS) is 14.6. The van der Waals surface area contributed by atoms with Crippen LogP contribution in [0.5, 0.6) is 0 Å². The molecule has 0 radical (unpaired) electrons. The van der Waals surface area contributed by atoms with Crippen LogP contribution in [-0.4, -0.2) is 69.6 Å². The van der Waals surface area contributed by atoms with Gasteiger partial charge >= 0.3 is 0 Å². The van der Waals surface area contributed by atoms with Crippen LogP contribution in [0.2, 0.25) is 0 Å². The quantitative estimate of drug-likeness (QED) is 0.262. The maximum Gasteiger partial charge on any atom is 0.209 e. The lowest BCUT2D eigenvalue weighted by Crippen LogP contribution is -2.31. The molecule has 2 aromatic carbocycles. The van der Waals surface area contributed by atoms with Gasteiger partial charge in [-0.15, -0.1) is 0 Å². The summed E-state index contributed by atoms with van der Waals surface area (Å²) >= 11 is 0. The summed E-state index contributed by atoms with van der Waals surface area (Å²) in [6.07, 6.45) is -0.0386. The van der Waals surface area contributed by atoms with E-state index in [0.29, 0.717) is 49.1 Å². The summed E-state index contributed by atoms with van der Waals surface area (Å²) in [5, 5.41) is 20.5. The van der Waals surface area contributed by atoms with E-state index in [1.165, 1.54) is 0 Å². The van der Waals surface area contributed by atoms with E-state index < -0.39 is 0 Å². The standard InChI is InChI=1S/C14H14N2O2.C10H9NO.C5H9NO2.CH3.H2O/c1-10-2-4-11(5-3-10)14(17)12(8-15)13-9-18-7-6-16-13;1-8-2-4-9(5-3-8)10(12)6-7-11;1-7-5-4-8-3-2-6-5;;/h2-5,16H,6-7,9H2,1H3;2-5H,6H2,1H3;2-4H2,1H3;1H3;1H2/q;;;-1;/b13-12-;;;;. The summed E-state index contributed by atoms with van der Waals surface area (Å²) in [5.74, 6) is 0.333. The SMILES string of the molecule is COC1=NCCOC1.Cc1ccc(C(=O)/C(C#N)=C2/COCCN2)cc1.Cc1ccc(C(=O)CC#N)cc1.O.[CH3-]. The Kier molecular flexibility index (Phi) is 17.5. The number of nitrogens with zero attached hydrogens (tertiary/aromatic N) is 3. The highest BCUT2D eigenvalue weighted by atomic mass is 16.5. The number of aliphatic imine (C=N–C) groups is 1. The van der Waals surface area contributed by atoms with Crippen LogP contribution in [-0.2, 0) is 14.2 Å². The number of nitrogens with one attached hydrogen (secondary N) is 1. The second-order valence-electron chi connectivity index (χ2n) is 8.30. The Hall–Kier alpha value is -4.35. The van der Waals surface area contributed by atoms with E-state index in [-0.39, 0.29) is 36.5 Å². The van der Waals surface area contributed by atoms with Gasteiger partial charge in [-0.05, 0) is 13.8 Å². The number of ketones is 2. The lowest BCUT2D eigenvalue weighted by Gasteiger charge is -2.18. The molecular formula is C30H37N4O6-. The molecule has 0 bridgehead atoms. The van der Waals surface area contributed by atoms with Gasteiger partial charge in [0.25, 0.3) is 0 Å². The van der Waals surface area contributed by atoms with Crippen molar-refractivity contribution in [3.05, 3.63) is 89.5 Å². The second-order valence-corrected chi connectivity index (χ2v) is 8.30. The average molecular weight is 550 g/mol. The van der Waals surface area contributed by atoms with Gasteiger partial charge in [0, 0.05) is 17.7 Å². The van der Waals surface area contributed by atoms with Crippen LogP contribution in [0.15, 0.2) is 64.8 Å². The number of hydrogen-bond acceptors (Lipinski definition) is 9. The summed E-state index contributed by atoms with van der Waals surface area (Å²) < 4.78 is 15.1. The number of ether oxygens (including phenoxy) is 3. The number of allylic oxidation sites excluding steroid dienone is 1. The number of carbonyl (C=O) groups is 2. The van der Waals surface area contributed by atoms with Crippen molar-refractivity contribution in [1.29, 1.82) is 10.5 Å². The summed E-state index contributed by atoms with van der Waals surface area (Å²) in [6.45, 7) is 7.43. The Morgan fingerprint density at radius 3 is 1.95 bits per heavy atom. The van der Waals surface area contributed by atoms with Crippen LogP contribution in [0.3, 0.4) is 0 Å². The van der Waals surface area contributed by atoms with Crippen molar-refractivity contribution in [2.24, 2.45) is 4.99 Å². The summed E-state index contributed by atoms with van der Waals surface area (Å²) in [6, 6.07) is 18.2. The van der Waals surface area contributed by atoms with Gasteiger partial charge < -0.3 is 32.4 Å². The largest absolute Gasteiger partial charge is 0.483 e. The summed E-state index contributed by atoms with van der Waals surface area (Å²) in [7, 11) is 1.60. The molecule has 10 heteroatoms. The van der Waals surface area contributed by atoms with Crippen molar-refractivity contribution in [2.45, 2.75) is 20.3 Å². The third-order valence-corrected chi connectivity index (χ3v) is 5.38. The number of hydrogen-bond donors (Lipinski definition) is 1. The molecule has 0 amide bonds. The molecule has 10 nitrogen and oxygen atoms in total. The predicted molar refractivity (Wildman–Crippen MR) is 153 cm³/mol. The molecule has 1 fully saturated rings.